The van der Waals surface area contributed by atoms with Gasteiger partial charge in [-0.2, -0.15) is 15.2 Å². The third-order valence-electron chi connectivity index (χ3n) is 11.4. The number of phenols is 1. The number of nitriles is 1. The Hall–Kier alpha value is -4.55. The zero-order valence-corrected chi connectivity index (χ0v) is 27.0. The van der Waals surface area contributed by atoms with Gasteiger partial charge < -0.3 is 24.8 Å². The fourth-order valence-electron chi connectivity index (χ4n) is 8.68. The number of anilines is 1. The van der Waals surface area contributed by atoms with Gasteiger partial charge in [-0.3, -0.25) is 4.90 Å². The Morgan fingerprint density at radius 3 is 2.51 bits per heavy atom. The van der Waals surface area contributed by atoms with Gasteiger partial charge in [-0.25, -0.2) is 8.78 Å². The lowest BCUT2D eigenvalue weighted by molar-refractivity contribution is -0.0271. The molecular formula is C38H36F2N6O3. The van der Waals surface area contributed by atoms with E-state index in [1.807, 2.05) is 0 Å². The molecule has 5 fully saturated rings. The van der Waals surface area contributed by atoms with E-state index in [0.29, 0.717) is 48.4 Å². The molecule has 2 N–H and O–H groups in total. The van der Waals surface area contributed by atoms with Gasteiger partial charge in [-0.15, -0.1) is 6.42 Å². The van der Waals surface area contributed by atoms with E-state index in [-0.39, 0.29) is 62.4 Å². The van der Waals surface area contributed by atoms with Crippen LogP contribution in [-0.2, 0) is 4.74 Å². The zero-order chi connectivity index (χ0) is 33.4. The molecule has 4 aliphatic heterocycles. The quantitative estimate of drug-likeness (QED) is 0.257. The average molecular weight is 663 g/mol. The number of aromatic nitrogens is 2. The second-order valence-corrected chi connectivity index (χ2v) is 14.5. The van der Waals surface area contributed by atoms with E-state index in [0.717, 1.165) is 58.3 Å². The molecule has 1 saturated carbocycles. The number of nitrogens with one attached hydrogen (secondary N) is 1. The number of terminal acetylenes is 1. The van der Waals surface area contributed by atoms with Crippen LogP contribution in [0.4, 0.5) is 14.6 Å². The van der Waals surface area contributed by atoms with Crippen molar-refractivity contribution in [2.45, 2.75) is 62.7 Å². The van der Waals surface area contributed by atoms with Crippen molar-refractivity contribution in [2.24, 2.45) is 5.41 Å². The second kappa shape index (κ2) is 11.5. The minimum atomic E-state index is -0.786. The maximum atomic E-state index is 17.2. The number of fused-ring (bicyclic) bond motifs is 6. The van der Waals surface area contributed by atoms with Crippen LogP contribution in [0.1, 0.15) is 49.7 Å². The van der Waals surface area contributed by atoms with Crippen molar-refractivity contribution in [2.75, 3.05) is 44.4 Å². The molecule has 3 aromatic carbocycles. The maximum absolute atomic E-state index is 17.2. The van der Waals surface area contributed by atoms with Crippen LogP contribution in [0.2, 0.25) is 0 Å². The number of hydrogen-bond donors (Lipinski definition) is 2. The summed E-state index contributed by atoms with van der Waals surface area (Å²) in [6.07, 6.45) is 12.2. The molecule has 5 heterocycles. The fraction of sp³-hybridized carbons (Fsp3) is 0.447. The molecule has 9 nitrogen and oxygen atoms in total. The van der Waals surface area contributed by atoms with Gasteiger partial charge in [0.2, 0.25) is 0 Å². The molecule has 1 aliphatic carbocycles. The van der Waals surface area contributed by atoms with Gasteiger partial charge in [-0.1, -0.05) is 12.0 Å². The highest BCUT2D eigenvalue weighted by atomic mass is 19.1. The molecule has 49 heavy (non-hydrogen) atoms. The first-order valence-corrected chi connectivity index (χ1v) is 17.2. The lowest BCUT2D eigenvalue weighted by atomic mass is 9.90. The largest absolute Gasteiger partial charge is 0.508 e. The van der Waals surface area contributed by atoms with E-state index < -0.39 is 11.6 Å². The highest BCUT2D eigenvalue weighted by molar-refractivity contribution is 6.05. The fourth-order valence-corrected chi connectivity index (χ4v) is 8.68. The molecule has 4 aromatic rings. The summed E-state index contributed by atoms with van der Waals surface area (Å²) in [5, 5.41) is 25.7. The summed E-state index contributed by atoms with van der Waals surface area (Å²) in [5.74, 6) is 1.29. The van der Waals surface area contributed by atoms with Crippen molar-refractivity contribution in [3.8, 4) is 41.3 Å². The second-order valence-electron chi connectivity index (χ2n) is 14.5. The van der Waals surface area contributed by atoms with Crippen LogP contribution in [0, 0.1) is 40.7 Å². The number of phenolic OH excluding ortho intramolecular Hbond substituents is 1. The molecule has 0 radical (unpaired) electrons. The monoisotopic (exact) mass is 662 g/mol. The predicted molar refractivity (Wildman–Crippen MR) is 180 cm³/mol. The minimum Gasteiger partial charge on any atom is -0.508 e. The Labute approximate surface area is 282 Å². The predicted octanol–water partition coefficient (Wildman–Crippen LogP) is 5.25. The van der Waals surface area contributed by atoms with E-state index in [1.165, 1.54) is 24.3 Å². The third-order valence-corrected chi connectivity index (χ3v) is 11.4. The molecule has 11 heteroatoms. The Balaban J connectivity index is 1.16. The van der Waals surface area contributed by atoms with E-state index in [9.17, 15) is 14.8 Å². The molecule has 5 aliphatic rings. The number of nitrogens with zero attached hydrogens (tertiary/aromatic N) is 5. The molecule has 4 bridgehead atoms. The third kappa shape index (κ3) is 5.15. The molecule has 4 atom stereocenters. The highest BCUT2D eigenvalue weighted by Gasteiger charge is 2.49. The molecule has 4 saturated heterocycles. The van der Waals surface area contributed by atoms with Crippen LogP contribution >= 0.6 is 0 Å². The van der Waals surface area contributed by atoms with Crippen molar-refractivity contribution in [3.05, 3.63) is 53.1 Å². The van der Waals surface area contributed by atoms with Crippen molar-refractivity contribution in [3.63, 3.8) is 0 Å². The first kappa shape index (κ1) is 30.5. The summed E-state index contributed by atoms with van der Waals surface area (Å²) < 4.78 is 44.4. The zero-order valence-electron chi connectivity index (χ0n) is 27.0. The van der Waals surface area contributed by atoms with Crippen LogP contribution < -0.4 is 15.0 Å². The van der Waals surface area contributed by atoms with E-state index in [2.05, 4.69) is 32.1 Å². The number of piperazine rings is 1. The van der Waals surface area contributed by atoms with Gasteiger partial charge >= 0.3 is 6.01 Å². The number of hydrogen-bond acceptors (Lipinski definition) is 9. The number of morpholine rings is 1. The van der Waals surface area contributed by atoms with Crippen molar-refractivity contribution < 1.29 is 23.4 Å². The van der Waals surface area contributed by atoms with Crippen molar-refractivity contribution in [1.29, 1.82) is 5.26 Å². The normalized spacial score (nSPS) is 25.4. The Bertz CT molecular complexity index is 2080. The van der Waals surface area contributed by atoms with Crippen molar-refractivity contribution in [1.82, 2.24) is 20.2 Å². The molecular weight excluding hydrogens is 626 g/mol. The number of halogens is 2. The summed E-state index contributed by atoms with van der Waals surface area (Å²) in [5.41, 5.74) is -0.115. The lowest BCUT2D eigenvalue weighted by Gasteiger charge is -2.37. The van der Waals surface area contributed by atoms with Crippen LogP contribution in [0.5, 0.6) is 11.8 Å². The molecule has 4 unspecified atom stereocenters. The summed E-state index contributed by atoms with van der Waals surface area (Å²) in [7, 11) is 0. The molecule has 250 valence electrons. The van der Waals surface area contributed by atoms with Gasteiger partial charge in [0.15, 0.2) is 5.82 Å². The van der Waals surface area contributed by atoms with Gasteiger partial charge in [0.1, 0.15) is 22.9 Å². The SMILES string of the molecule is C#Cc1c(F)ccc2cc(O)cc(-c3c(C#N)cc4c(N5CC6CCC(C5)N6)nc(OCC5(CN6C7CCC6COC7)CC5)nc4c3F)c12. The maximum Gasteiger partial charge on any atom is 0.319 e. The topological polar surface area (TPSA) is 107 Å². The van der Waals surface area contributed by atoms with E-state index >= 15 is 4.39 Å². The van der Waals surface area contributed by atoms with Gasteiger partial charge in [0.05, 0.1) is 37.0 Å². The van der Waals surface area contributed by atoms with Crippen molar-refractivity contribution >= 4 is 27.5 Å². The number of aromatic hydroxyl groups is 1. The minimum absolute atomic E-state index is 0.00201. The highest BCUT2D eigenvalue weighted by Crippen LogP contribution is 2.49. The van der Waals surface area contributed by atoms with E-state index in [1.54, 1.807) is 6.07 Å². The Kier molecular flexibility index (Phi) is 7.17. The van der Waals surface area contributed by atoms with Crippen LogP contribution in [0.25, 0.3) is 32.8 Å². The first-order chi connectivity index (χ1) is 23.8. The molecule has 1 aromatic heterocycles. The molecule has 0 spiro atoms. The van der Waals surface area contributed by atoms with Crippen LogP contribution in [0.15, 0.2) is 30.3 Å². The summed E-state index contributed by atoms with van der Waals surface area (Å²) in [4.78, 5) is 14.3. The standard InChI is InChI=1S/C38H36F2N6O3/c1-2-28-31(39)8-3-21-11-27(47)13-29(32(21)28)33-22(14-41)12-30-35(34(33)40)43-37(44-36(30)45-15-23-4-5-24(16-45)42-23)49-20-38(9-10-38)19-46-25-6-7-26(46)18-48-17-25/h1,3,8,11-13,23-26,42,47H,4-7,9-10,15-20H2. The van der Waals surface area contributed by atoms with Gasteiger partial charge in [0.25, 0.3) is 0 Å². The smallest absolute Gasteiger partial charge is 0.319 e. The average Bonchev–Trinajstić information content (AvgIpc) is 3.75. The molecule has 9 rings (SSSR count). The summed E-state index contributed by atoms with van der Waals surface area (Å²) >= 11 is 0. The first-order valence-electron chi connectivity index (χ1n) is 17.2. The Morgan fingerprint density at radius 1 is 1.06 bits per heavy atom. The van der Waals surface area contributed by atoms with Gasteiger partial charge in [0, 0.05) is 65.6 Å². The van der Waals surface area contributed by atoms with E-state index in [4.69, 9.17) is 20.9 Å². The number of ether oxygens (including phenoxy) is 2. The van der Waals surface area contributed by atoms with Gasteiger partial charge in [-0.05, 0) is 73.7 Å². The number of benzene rings is 3. The summed E-state index contributed by atoms with van der Waals surface area (Å²) in [6, 6.07) is 10.7. The Morgan fingerprint density at radius 2 is 1.82 bits per heavy atom. The lowest BCUT2D eigenvalue weighted by Crippen LogP contribution is -2.51. The van der Waals surface area contributed by atoms with Crippen LogP contribution in [-0.4, -0.2) is 83.6 Å². The van der Waals surface area contributed by atoms with Crippen LogP contribution in [0.3, 0.4) is 0 Å². The summed E-state index contributed by atoms with van der Waals surface area (Å²) in [6.45, 7) is 4.24. The number of rotatable bonds is 7. The molecule has 0 amide bonds.